The van der Waals surface area contributed by atoms with Crippen molar-refractivity contribution in [3.05, 3.63) is 46.2 Å². The maximum Gasteiger partial charge on any atom is 0.345 e. The molecular formula is C18H19NO4S. The number of benzene rings is 1. The third kappa shape index (κ3) is 3.28. The fourth-order valence-electron chi connectivity index (χ4n) is 2.76. The lowest BCUT2D eigenvalue weighted by Gasteiger charge is -2.29. The number of hydrogen-bond donors (Lipinski definition) is 1. The van der Waals surface area contributed by atoms with Crippen LogP contribution >= 0.6 is 11.3 Å². The summed E-state index contributed by atoms with van der Waals surface area (Å²) in [6, 6.07) is 10.5. The van der Waals surface area contributed by atoms with Gasteiger partial charge in [-0.05, 0) is 62.1 Å². The quantitative estimate of drug-likeness (QED) is 0.862. The van der Waals surface area contributed by atoms with Crippen LogP contribution in [0.3, 0.4) is 0 Å². The highest BCUT2D eigenvalue weighted by molar-refractivity contribution is 7.16. The lowest BCUT2D eigenvalue weighted by atomic mass is 10.1. The Labute approximate surface area is 144 Å². The second-order valence-electron chi connectivity index (χ2n) is 5.92. The van der Waals surface area contributed by atoms with Gasteiger partial charge in [-0.3, -0.25) is 4.79 Å². The molecule has 0 saturated heterocycles. The normalized spacial score (nSPS) is 14.9. The molecule has 1 aliphatic carbocycles. The van der Waals surface area contributed by atoms with Crippen molar-refractivity contribution >= 4 is 28.9 Å². The predicted octanol–water partition coefficient (Wildman–Crippen LogP) is 3.90. The summed E-state index contributed by atoms with van der Waals surface area (Å²) in [6.45, 7) is 2.05. The summed E-state index contributed by atoms with van der Waals surface area (Å²) in [5.74, 6) is 0.0619. The Bertz CT molecular complexity index is 749. The molecule has 1 heterocycles. The van der Waals surface area contributed by atoms with Crippen molar-refractivity contribution in [2.45, 2.75) is 25.8 Å². The first kappa shape index (κ1) is 16.5. The van der Waals surface area contributed by atoms with Crippen LogP contribution in [-0.4, -0.2) is 30.1 Å². The van der Waals surface area contributed by atoms with Crippen LogP contribution in [-0.2, 0) is 0 Å². The van der Waals surface area contributed by atoms with E-state index in [0.717, 1.165) is 35.6 Å². The van der Waals surface area contributed by atoms with Gasteiger partial charge in [0.15, 0.2) is 0 Å². The number of carboxylic acid groups (broad SMARTS) is 1. The molecule has 24 heavy (non-hydrogen) atoms. The summed E-state index contributed by atoms with van der Waals surface area (Å²) >= 11 is 1.01. The lowest BCUT2D eigenvalue weighted by Crippen LogP contribution is -2.39. The number of thiophene rings is 1. The highest BCUT2D eigenvalue weighted by atomic mass is 32.1. The zero-order valence-electron chi connectivity index (χ0n) is 13.6. The van der Waals surface area contributed by atoms with Crippen LogP contribution in [0, 0.1) is 5.92 Å². The Balaban J connectivity index is 1.93. The number of rotatable bonds is 6. The number of carboxylic acids is 1. The maximum atomic E-state index is 13.0. The second-order valence-corrected chi connectivity index (χ2v) is 7.00. The topological polar surface area (TPSA) is 66.8 Å². The minimum Gasteiger partial charge on any atom is -0.497 e. The van der Waals surface area contributed by atoms with E-state index in [4.69, 9.17) is 9.84 Å². The minimum absolute atomic E-state index is 0.0706. The number of anilines is 1. The Morgan fingerprint density at radius 2 is 1.79 bits per heavy atom. The molecule has 2 aromatic rings. The molecule has 1 aromatic heterocycles. The number of ether oxygens (including phenoxy) is 1. The third-order valence-corrected chi connectivity index (χ3v) is 5.37. The minimum atomic E-state index is -1.01. The van der Waals surface area contributed by atoms with Crippen LogP contribution in [0.4, 0.5) is 5.69 Å². The number of carbonyl (C=O) groups excluding carboxylic acids is 1. The van der Waals surface area contributed by atoms with Gasteiger partial charge in [-0.15, -0.1) is 11.3 Å². The van der Waals surface area contributed by atoms with Crippen LogP contribution in [0.2, 0.25) is 0 Å². The summed E-state index contributed by atoms with van der Waals surface area (Å²) in [5, 5.41) is 9.07. The average Bonchev–Trinajstić information content (AvgIpc) is 3.31. The SMILES string of the molecule is COc1ccc(N(C(=O)c2ccc(C(=O)O)s2)C(C)C2CC2)cc1. The van der Waals surface area contributed by atoms with Crippen molar-refractivity contribution < 1.29 is 19.4 Å². The van der Waals surface area contributed by atoms with Crippen molar-refractivity contribution in [1.29, 1.82) is 0 Å². The highest BCUT2D eigenvalue weighted by Gasteiger charge is 2.36. The number of aromatic carboxylic acids is 1. The fraction of sp³-hybridized carbons (Fsp3) is 0.333. The van der Waals surface area contributed by atoms with Crippen molar-refractivity contribution in [1.82, 2.24) is 0 Å². The van der Waals surface area contributed by atoms with Gasteiger partial charge < -0.3 is 14.7 Å². The Morgan fingerprint density at radius 3 is 2.29 bits per heavy atom. The van der Waals surface area contributed by atoms with Gasteiger partial charge in [-0.1, -0.05) is 0 Å². The standard InChI is InChI=1S/C18H19NO4S/c1-11(12-3-4-12)19(13-5-7-14(23-2)8-6-13)17(20)15-9-10-16(24-15)18(21)22/h5-12H,3-4H2,1-2H3,(H,21,22). The number of nitrogens with zero attached hydrogens (tertiary/aromatic N) is 1. The molecule has 0 radical (unpaired) electrons. The third-order valence-electron chi connectivity index (χ3n) is 4.31. The molecule has 126 valence electrons. The van der Waals surface area contributed by atoms with E-state index in [1.54, 1.807) is 18.1 Å². The predicted molar refractivity (Wildman–Crippen MR) is 93.3 cm³/mol. The molecular weight excluding hydrogens is 326 g/mol. The zero-order valence-corrected chi connectivity index (χ0v) is 14.4. The molecule has 0 bridgehead atoms. The van der Waals surface area contributed by atoms with Crippen LogP contribution in [0.5, 0.6) is 5.75 Å². The van der Waals surface area contributed by atoms with E-state index >= 15 is 0 Å². The molecule has 1 unspecified atom stereocenters. The van der Waals surface area contributed by atoms with E-state index in [9.17, 15) is 9.59 Å². The smallest absolute Gasteiger partial charge is 0.345 e. The lowest BCUT2D eigenvalue weighted by molar-refractivity contribution is 0.0702. The highest BCUT2D eigenvalue weighted by Crippen LogP contribution is 2.38. The summed E-state index contributed by atoms with van der Waals surface area (Å²) in [7, 11) is 1.60. The molecule has 1 N–H and O–H groups in total. The Morgan fingerprint density at radius 1 is 1.17 bits per heavy atom. The van der Waals surface area contributed by atoms with Gasteiger partial charge in [0.05, 0.1) is 12.0 Å². The van der Waals surface area contributed by atoms with Gasteiger partial charge in [0, 0.05) is 11.7 Å². The molecule has 1 amide bonds. The molecule has 1 saturated carbocycles. The first-order valence-electron chi connectivity index (χ1n) is 7.82. The van der Waals surface area contributed by atoms with Gasteiger partial charge in [0.2, 0.25) is 0 Å². The first-order chi connectivity index (χ1) is 11.5. The van der Waals surface area contributed by atoms with E-state index in [2.05, 4.69) is 0 Å². The van der Waals surface area contributed by atoms with Gasteiger partial charge in [-0.25, -0.2) is 4.79 Å². The Hall–Kier alpha value is -2.34. The largest absolute Gasteiger partial charge is 0.497 e. The monoisotopic (exact) mass is 345 g/mol. The van der Waals surface area contributed by atoms with Crippen molar-refractivity contribution in [3.63, 3.8) is 0 Å². The van der Waals surface area contributed by atoms with Crippen LogP contribution in [0.1, 0.15) is 39.1 Å². The van der Waals surface area contributed by atoms with E-state index in [-0.39, 0.29) is 16.8 Å². The summed E-state index contributed by atoms with van der Waals surface area (Å²) < 4.78 is 5.18. The van der Waals surface area contributed by atoms with Gasteiger partial charge in [-0.2, -0.15) is 0 Å². The summed E-state index contributed by atoms with van der Waals surface area (Å²) in [6.07, 6.45) is 2.23. The number of methoxy groups -OCH3 is 1. The van der Waals surface area contributed by atoms with Crippen LogP contribution in [0.15, 0.2) is 36.4 Å². The van der Waals surface area contributed by atoms with Gasteiger partial charge >= 0.3 is 5.97 Å². The van der Waals surface area contributed by atoms with E-state index < -0.39 is 5.97 Å². The molecule has 5 nitrogen and oxygen atoms in total. The van der Waals surface area contributed by atoms with Gasteiger partial charge in [0.25, 0.3) is 5.91 Å². The maximum absolute atomic E-state index is 13.0. The molecule has 0 aliphatic heterocycles. The van der Waals surface area contributed by atoms with Crippen LogP contribution in [0.25, 0.3) is 0 Å². The molecule has 1 aliphatic rings. The summed E-state index contributed by atoms with van der Waals surface area (Å²) in [5.41, 5.74) is 0.797. The molecule has 6 heteroatoms. The van der Waals surface area contributed by atoms with Crippen LogP contribution < -0.4 is 9.64 Å². The van der Waals surface area contributed by atoms with E-state index in [1.807, 2.05) is 31.2 Å². The van der Waals surface area contributed by atoms with E-state index in [1.165, 1.54) is 6.07 Å². The first-order valence-corrected chi connectivity index (χ1v) is 8.63. The van der Waals surface area contributed by atoms with E-state index in [0.29, 0.717) is 10.8 Å². The Kier molecular flexibility index (Phi) is 4.57. The number of hydrogen-bond acceptors (Lipinski definition) is 4. The molecule has 1 aromatic carbocycles. The van der Waals surface area contributed by atoms with Crippen molar-refractivity contribution in [2.24, 2.45) is 5.92 Å². The average molecular weight is 345 g/mol. The van der Waals surface area contributed by atoms with Crippen molar-refractivity contribution in [2.75, 3.05) is 12.0 Å². The molecule has 3 rings (SSSR count). The van der Waals surface area contributed by atoms with Gasteiger partial charge in [0.1, 0.15) is 10.6 Å². The zero-order chi connectivity index (χ0) is 17.3. The second kappa shape index (κ2) is 6.65. The molecule has 1 atom stereocenters. The number of amides is 1. The molecule has 0 spiro atoms. The molecule has 1 fully saturated rings. The number of carbonyl (C=O) groups is 2. The van der Waals surface area contributed by atoms with Crippen molar-refractivity contribution in [3.8, 4) is 5.75 Å². The summed E-state index contributed by atoms with van der Waals surface area (Å²) in [4.78, 5) is 26.5. The fourth-order valence-corrected chi connectivity index (χ4v) is 3.54.